The Morgan fingerprint density at radius 2 is 2.22 bits per heavy atom. The number of aryl methyl sites for hydroxylation is 2. The Morgan fingerprint density at radius 1 is 1.37 bits per heavy atom. The van der Waals surface area contributed by atoms with Crippen molar-refractivity contribution in [2.45, 2.75) is 70.1 Å². The van der Waals surface area contributed by atoms with Gasteiger partial charge in [-0.25, -0.2) is 0 Å². The van der Waals surface area contributed by atoms with Gasteiger partial charge in [0.15, 0.2) is 0 Å². The number of H-pyrrole nitrogens is 1. The van der Waals surface area contributed by atoms with Crippen LogP contribution < -0.4 is 5.32 Å². The lowest BCUT2D eigenvalue weighted by Crippen LogP contribution is -2.40. The second-order valence-corrected chi connectivity index (χ2v) is 8.23. The molecule has 2 aliphatic carbocycles. The SMILES string of the molecule is O=C(CCc1n[nH]c2c1CCCC2)N[C@@H]1CC(Cn2cc(Cl)cn2)C[C@H]1O. The lowest BCUT2D eigenvalue weighted by Gasteiger charge is -2.16. The van der Waals surface area contributed by atoms with E-state index in [-0.39, 0.29) is 17.9 Å². The molecule has 4 rings (SSSR count). The van der Waals surface area contributed by atoms with Crippen molar-refractivity contribution in [1.82, 2.24) is 25.3 Å². The van der Waals surface area contributed by atoms with Crippen molar-refractivity contribution >= 4 is 17.5 Å². The zero-order chi connectivity index (χ0) is 18.8. The zero-order valence-corrected chi connectivity index (χ0v) is 16.1. The number of carbonyl (C=O) groups is 1. The van der Waals surface area contributed by atoms with Gasteiger partial charge in [0.1, 0.15) is 0 Å². The molecule has 1 saturated carbocycles. The van der Waals surface area contributed by atoms with Gasteiger partial charge in [0.25, 0.3) is 0 Å². The van der Waals surface area contributed by atoms with Crippen LogP contribution in [0.3, 0.4) is 0 Å². The summed E-state index contributed by atoms with van der Waals surface area (Å²) >= 11 is 5.90. The number of amides is 1. The van der Waals surface area contributed by atoms with Crippen molar-refractivity contribution in [2.75, 3.05) is 0 Å². The Hall–Kier alpha value is -1.86. The number of carbonyl (C=O) groups excluding carboxylic acids is 1. The van der Waals surface area contributed by atoms with E-state index in [4.69, 9.17) is 11.6 Å². The Kier molecular flexibility index (Phi) is 5.50. The summed E-state index contributed by atoms with van der Waals surface area (Å²) in [4.78, 5) is 12.4. The number of aliphatic hydroxyl groups excluding tert-OH is 1. The summed E-state index contributed by atoms with van der Waals surface area (Å²) in [6.07, 6.45) is 9.87. The quantitative estimate of drug-likeness (QED) is 0.702. The van der Waals surface area contributed by atoms with E-state index in [0.717, 1.165) is 25.0 Å². The van der Waals surface area contributed by atoms with E-state index in [1.165, 1.54) is 24.1 Å². The van der Waals surface area contributed by atoms with Crippen LogP contribution in [-0.2, 0) is 30.6 Å². The van der Waals surface area contributed by atoms with Crippen molar-refractivity contribution < 1.29 is 9.90 Å². The second-order valence-electron chi connectivity index (χ2n) is 7.79. The lowest BCUT2D eigenvalue weighted by molar-refractivity contribution is -0.122. The predicted octanol–water partition coefficient (Wildman–Crippen LogP) is 2.03. The van der Waals surface area contributed by atoms with Gasteiger partial charge in [-0.3, -0.25) is 14.6 Å². The zero-order valence-electron chi connectivity index (χ0n) is 15.3. The van der Waals surface area contributed by atoms with Crippen LogP contribution in [0, 0.1) is 5.92 Å². The first kappa shape index (κ1) is 18.5. The summed E-state index contributed by atoms with van der Waals surface area (Å²) in [7, 11) is 0. The number of nitrogens with zero attached hydrogens (tertiary/aromatic N) is 3. The second kappa shape index (κ2) is 8.02. The molecule has 2 aliphatic rings. The standard InChI is InChI=1S/C19H26ClN5O2/c20-13-9-21-25(11-13)10-12-7-17(18(26)8-12)22-19(27)6-5-16-14-3-1-2-4-15(14)23-24-16/h9,11-12,17-18,26H,1-8,10H2,(H,22,27)(H,23,24)/t12?,17-,18-/m1/s1. The fourth-order valence-corrected chi connectivity index (χ4v) is 4.55. The number of aliphatic hydroxyl groups is 1. The fourth-order valence-electron chi connectivity index (χ4n) is 4.39. The van der Waals surface area contributed by atoms with Gasteiger partial charge in [0, 0.05) is 31.3 Å². The Morgan fingerprint density at radius 3 is 3.04 bits per heavy atom. The maximum Gasteiger partial charge on any atom is 0.220 e. The summed E-state index contributed by atoms with van der Waals surface area (Å²) in [5.41, 5.74) is 3.58. The molecule has 0 radical (unpaired) electrons. The van der Waals surface area contributed by atoms with Crippen molar-refractivity contribution in [2.24, 2.45) is 5.92 Å². The van der Waals surface area contributed by atoms with Gasteiger partial charge < -0.3 is 10.4 Å². The van der Waals surface area contributed by atoms with Crippen LogP contribution in [0.2, 0.25) is 5.02 Å². The Labute approximate surface area is 163 Å². The van der Waals surface area contributed by atoms with Crippen molar-refractivity contribution in [3.05, 3.63) is 34.4 Å². The summed E-state index contributed by atoms with van der Waals surface area (Å²) in [6.45, 7) is 0.704. The fraction of sp³-hybridized carbons (Fsp3) is 0.632. The highest BCUT2D eigenvalue weighted by molar-refractivity contribution is 6.30. The van der Waals surface area contributed by atoms with Gasteiger partial charge in [0.2, 0.25) is 5.91 Å². The number of rotatable bonds is 6. The Balaban J connectivity index is 1.26. The topological polar surface area (TPSA) is 95.8 Å². The largest absolute Gasteiger partial charge is 0.391 e. The van der Waals surface area contributed by atoms with Crippen LogP contribution in [0.25, 0.3) is 0 Å². The molecule has 146 valence electrons. The van der Waals surface area contributed by atoms with E-state index in [0.29, 0.717) is 30.8 Å². The molecule has 2 aromatic heterocycles. The highest BCUT2D eigenvalue weighted by Crippen LogP contribution is 2.28. The maximum absolute atomic E-state index is 12.4. The molecular formula is C19H26ClN5O2. The molecule has 2 heterocycles. The molecule has 1 unspecified atom stereocenters. The molecule has 27 heavy (non-hydrogen) atoms. The van der Waals surface area contributed by atoms with Crippen molar-refractivity contribution in [3.63, 3.8) is 0 Å². The predicted molar refractivity (Wildman–Crippen MR) is 101 cm³/mol. The third kappa shape index (κ3) is 4.35. The molecule has 0 aromatic carbocycles. The molecule has 1 amide bonds. The molecule has 0 bridgehead atoms. The van der Waals surface area contributed by atoms with E-state index in [9.17, 15) is 9.90 Å². The summed E-state index contributed by atoms with van der Waals surface area (Å²) < 4.78 is 1.80. The highest BCUT2D eigenvalue weighted by atomic mass is 35.5. The molecular weight excluding hydrogens is 366 g/mol. The molecule has 8 heteroatoms. The third-order valence-electron chi connectivity index (χ3n) is 5.75. The van der Waals surface area contributed by atoms with E-state index in [1.807, 2.05) is 0 Å². The summed E-state index contributed by atoms with van der Waals surface area (Å²) in [5.74, 6) is 0.258. The molecule has 3 atom stereocenters. The van der Waals surface area contributed by atoms with Gasteiger partial charge in [-0.1, -0.05) is 11.6 Å². The number of halogens is 1. The van der Waals surface area contributed by atoms with Crippen LogP contribution in [0.15, 0.2) is 12.4 Å². The highest BCUT2D eigenvalue weighted by Gasteiger charge is 2.34. The normalized spacial score (nSPS) is 24.7. The number of hydrogen-bond acceptors (Lipinski definition) is 4. The minimum atomic E-state index is -0.511. The van der Waals surface area contributed by atoms with Crippen LogP contribution in [0.4, 0.5) is 0 Å². The van der Waals surface area contributed by atoms with Gasteiger partial charge in [-0.15, -0.1) is 0 Å². The molecule has 1 fully saturated rings. The molecule has 7 nitrogen and oxygen atoms in total. The molecule has 3 N–H and O–H groups in total. The van der Waals surface area contributed by atoms with Gasteiger partial charge in [-0.2, -0.15) is 10.2 Å². The first-order valence-electron chi connectivity index (χ1n) is 9.79. The molecule has 2 aromatic rings. The number of fused-ring (bicyclic) bond motifs is 1. The minimum Gasteiger partial charge on any atom is -0.391 e. The number of hydrogen-bond donors (Lipinski definition) is 3. The van der Waals surface area contributed by atoms with E-state index in [2.05, 4.69) is 20.6 Å². The van der Waals surface area contributed by atoms with E-state index >= 15 is 0 Å². The van der Waals surface area contributed by atoms with Crippen molar-refractivity contribution in [1.29, 1.82) is 0 Å². The van der Waals surface area contributed by atoms with E-state index in [1.54, 1.807) is 17.1 Å². The molecule has 0 spiro atoms. The van der Waals surface area contributed by atoms with Crippen LogP contribution in [0.1, 0.15) is 49.1 Å². The first-order chi connectivity index (χ1) is 13.1. The number of aromatic amines is 1. The first-order valence-corrected chi connectivity index (χ1v) is 10.2. The minimum absolute atomic E-state index is 0.0191. The van der Waals surface area contributed by atoms with Crippen LogP contribution in [0.5, 0.6) is 0 Å². The summed E-state index contributed by atoms with van der Waals surface area (Å²) in [5, 5.41) is 25.6. The van der Waals surface area contributed by atoms with Crippen LogP contribution >= 0.6 is 11.6 Å². The number of aromatic nitrogens is 4. The van der Waals surface area contributed by atoms with Crippen molar-refractivity contribution in [3.8, 4) is 0 Å². The van der Waals surface area contributed by atoms with Gasteiger partial charge in [0.05, 0.1) is 29.1 Å². The smallest absolute Gasteiger partial charge is 0.220 e. The maximum atomic E-state index is 12.4. The average molecular weight is 392 g/mol. The summed E-state index contributed by atoms with van der Waals surface area (Å²) in [6, 6.07) is -0.193. The van der Waals surface area contributed by atoms with Crippen LogP contribution in [-0.4, -0.2) is 43.1 Å². The van der Waals surface area contributed by atoms with Gasteiger partial charge in [-0.05, 0) is 50.0 Å². The molecule has 0 aliphatic heterocycles. The molecule has 0 saturated heterocycles. The third-order valence-corrected chi connectivity index (χ3v) is 5.95. The van der Waals surface area contributed by atoms with E-state index < -0.39 is 6.10 Å². The number of nitrogens with one attached hydrogen (secondary N) is 2. The monoisotopic (exact) mass is 391 g/mol. The Bertz CT molecular complexity index is 802. The average Bonchev–Trinajstić information content (AvgIpc) is 3.33. The lowest BCUT2D eigenvalue weighted by atomic mass is 9.94. The van der Waals surface area contributed by atoms with Gasteiger partial charge >= 0.3 is 0 Å².